The average molecular weight is 1220 g/mol. The number of benzene rings is 6. The van der Waals surface area contributed by atoms with Crippen molar-refractivity contribution in [2.24, 2.45) is 0 Å². The fourth-order valence-electron chi connectivity index (χ4n) is 8.14. The van der Waals surface area contributed by atoms with Crippen LogP contribution in [0.4, 0.5) is 0 Å². The van der Waals surface area contributed by atoms with Gasteiger partial charge in [0.1, 0.15) is 60.5 Å². The Balaban J connectivity index is 0.000000231. The smallest absolute Gasteiger partial charge is 0.119 e. The maximum absolute atomic E-state index is 5.90. The molecule has 0 amide bonds. The van der Waals surface area contributed by atoms with Crippen molar-refractivity contribution in [3.63, 3.8) is 0 Å². The van der Waals surface area contributed by atoms with Gasteiger partial charge in [-0.05, 0) is 249 Å². The summed E-state index contributed by atoms with van der Waals surface area (Å²) in [6, 6.07) is 40.0. The molecule has 424 valence electrons. The standard InChI is InChI=1S/C34H42N2O4.C32H36Br2N2O4/c1-23-9-10-24(2)30-29(23)35-31(25-11-15-27(16-12-25)37-19-21-39-33(3,4)5)32(36-30)26-13-17-28(18-14-26)38-20-22-40-34(6,7)8;1-31(2,3)39-19-17-37-23-11-7-21(8-12-23)27-28(36-30-26(34)16-15-25(33)29(30)35-27)22-9-13-24(14-10-22)38-18-20-40-32(4,5)6/h9-18H,19-22H2,1-8H3;7-16H,17-20H2,1-6H3. The molecule has 0 bridgehead atoms. The van der Waals surface area contributed by atoms with Crippen LogP contribution in [-0.4, -0.2) is 95.2 Å². The molecule has 0 N–H and O–H groups in total. The van der Waals surface area contributed by atoms with E-state index in [9.17, 15) is 0 Å². The van der Waals surface area contributed by atoms with Crippen molar-refractivity contribution in [3.05, 3.63) is 141 Å². The number of nitrogens with zero attached hydrogens (tertiary/aromatic N) is 4. The summed E-state index contributed by atoms with van der Waals surface area (Å²) in [5.41, 5.74) is 11.9. The van der Waals surface area contributed by atoms with Gasteiger partial charge in [0.05, 0.1) is 82.6 Å². The average Bonchev–Trinajstić information content (AvgIpc) is 3.60. The van der Waals surface area contributed by atoms with Crippen LogP contribution < -0.4 is 18.9 Å². The van der Waals surface area contributed by atoms with Crippen LogP contribution in [0.1, 0.15) is 94.2 Å². The molecular formula is C66H78Br2N4O8. The van der Waals surface area contributed by atoms with Gasteiger partial charge in [-0.1, -0.05) is 12.1 Å². The van der Waals surface area contributed by atoms with Crippen molar-refractivity contribution in [2.45, 2.75) is 119 Å². The lowest BCUT2D eigenvalue weighted by molar-refractivity contribution is -0.0165. The van der Waals surface area contributed by atoms with Gasteiger partial charge in [-0.25, -0.2) is 19.9 Å². The number of halogens is 2. The summed E-state index contributed by atoms with van der Waals surface area (Å²) in [6.07, 6.45) is 0. The van der Waals surface area contributed by atoms with Crippen LogP contribution in [0.15, 0.2) is 130 Å². The number of ether oxygens (including phenoxy) is 8. The van der Waals surface area contributed by atoms with Gasteiger partial charge in [0.25, 0.3) is 0 Å². The normalized spacial score (nSPS) is 12.1. The molecule has 8 rings (SSSR count). The Bertz CT molecular complexity index is 2850. The van der Waals surface area contributed by atoms with E-state index in [1.807, 2.05) is 192 Å². The molecule has 0 saturated carbocycles. The number of aromatic nitrogens is 4. The van der Waals surface area contributed by atoms with Crippen molar-refractivity contribution in [1.29, 1.82) is 0 Å². The molecule has 0 fully saturated rings. The number of fused-ring (bicyclic) bond motifs is 2. The highest BCUT2D eigenvalue weighted by Crippen LogP contribution is 2.38. The highest BCUT2D eigenvalue weighted by atomic mass is 79.9. The number of aryl methyl sites for hydroxylation is 2. The Labute approximate surface area is 490 Å². The Kier molecular flexibility index (Phi) is 20.9. The molecule has 8 aromatic rings. The highest BCUT2D eigenvalue weighted by Gasteiger charge is 2.20. The van der Waals surface area contributed by atoms with E-state index < -0.39 is 0 Å². The zero-order chi connectivity index (χ0) is 57.8. The quantitative estimate of drug-likeness (QED) is 0.0675. The molecule has 0 aliphatic carbocycles. The van der Waals surface area contributed by atoms with Crippen LogP contribution in [0, 0.1) is 13.8 Å². The minimum absolute atomic E-state index is 0.181. The first kappa shape index (κ1) is 61.6. The topological polar surface area (TPSA) is 125 Å². The van der Waals surface area contributed by atoms with Gasteiger partial charge in [0.15, 0.2) is 0 Å². The molecule has 2 heterocycles. The molecule has 12 nitrogen and oxygen atoms in total. The van der Waals surface area contributed by atoms with E-state index in [4.69, 9.17) is 57.8 Å². The third kappa shape index (κ3) is 18.5. The largest absolute Gasteiger partial charge is 0.491 e. The summed E-state index contributed by atoms with van der Waals surface area (Å²) in [6.45, 7) is 32.6. The Morgan fingerprint density at radius 1 is 0.287 bits per heavy atom. The van der Waals surface area contributed by atoms with Crippen molar-refractivity contribution in [3.8, 4) is 68.0 Å². The van der Waals surface area contributed by atoms with E-state index in [-0.39, 0.29) is 22.4 Å². The van der Waals surface area contributed by atoms with Gasteiger partial charge in [0, 0.05) is 31.2 Å². The molecule has 0 saturated heterocycles. The number of hydrogen-bond donors (Lipinski definition) is 0. The molecular weight excluding hydrogens is 1140 g/mol. The van der Waals surface area contributed by atoms with E-state index in [1.165, 1.54) is 0 Å². The molecule has 80 heavy (non-hydrogen) atoms. The van der Waals surface area contributed by atoms with Crippen LogP contribution in [-0.2, 0) is 18.9 Å². The second-order valence-electron chi connectivity index (χ2n) is 23.3. The molecule has 0 aliphatic rings. The zero-order valence-corrected chi connectivity index (χ0v) is 52.2. The predicted molar refractivity (Wildman–Crippen MR) is 330 cm³/mol. The molecule has 0 radical (unpaired) electrons. The summed E-state index contributed by atoms with van der Waals surface area (Å²) < 4.78 is 48.4. The molecule has 0 spiro atoms. The van der Waals surface area contributed by atoms with Gasteiger partial charge in [-0.15, -0.1) is 0 Å². The number of hydrogen-bond acceptors (Lipinski definition) is 12. The lowest BCUT2D eigenvalue weighted by Gasteiger charge is -2.19. The Hall–Kier alpha value is -6.00. The van der Waals surface area contributed by atoms with Gasteiger partial charge < -0.3 is 37.9 Å². The van der Waals surface area contributed by atoms with Crippen molar-refractivity contribution >= 4 is 53.9 Å². The first-order chi connectivity index (χ1) is 37.8. The summed E-state index contributed by atoms with van der Waals surface area (Å²) in [7, 11) is 0. The van der Waals surface area contributed by atoms with E-state index in [2.05, 4.69) is 57.8 Å². The van der Waals surface area contributed by atoms with Crippen LogP contribution in [0.2, 0.25) is 0 Å². The minimum Gasteiger partial charge on any atom is -0.491 e. The molecule has 0 atom stereocenters. The maximum Gasteiger partial charge on any atom is 0.119 e. The fourth-order valence-corrected chi connectivity index (χ4v) is 8.95. The van der Waals surface area contributed by atoms with E-state index in [1.54, 1.807) is 0 Å². The molecule has 14 heteroatoms. The first-order valence-corrected chi connectivity index (χ1v) is 28.8. The van der Waals surface area contributed by atoms with Crippen LogP contribution >= 0.6 is 31.9 Å². The van der Waals surface area contributed by atoms with Crippen LogP contribution in [0.25, 0.3) is 67.1 Å². The summed E-state index contributed by atoms with van der Waals surface area (Å²) >= 11 is 7.30. The third-order valence-electron chi connectivity index (χ3n) is 12.0. The first-order valence-electron chi connectivity index (χ1n) is 27.2. The third-order valence-corrected chi connectivity index (χ3v) is 13.3. The van der Waals surface area contributed by atoms with E-state index in [0.717, 1.165) is 110 Å². The predicted octanol–water partition coefficient (Wildman–Crippen LogP) is 16.8. The molecule has 2 aromatic heterocycles. The van der Waals surface area contributed by atoms with Gasteiger partial charge in [0.2, 0.25) is 0 Å². The number of rotatable bonds is 20. The summed E-state index contributed by atoms with van der Waals surface area (Å²) in [5, 5.41) is 0. The Morgan fingerprint density at radius 3 is 0.713 bits per heavy atom. The minimum atomic E-state index is -0.188. The van der Waals surface area contributed by atoms with Crippen molar-refractivity contribution in [1.82, 2.24) is 19.9 Å². The molecule has 6 aromatic carbocycles. The molecule has 0 unspecified atom stereocenters. The SMILES string of the molecule is CC(C)(C)OCCOc1ccc(-c2nc3c(Br)ccc(Br)c3nc2-c2ccc(OCCOC(C)(C)C)cc2)cc1.Cc1ccc(C)c2nc(-c3ccc(OCCOC(C)(C)C)cc3)c(-c3ccc(OCCOC(C)(C)C)cc3)nc12. The second kappa shape index (κ2) is 27.2. The highest BCUT2D eigenvalue weighted by molar-refractivity contribution is 9.11. The van der Waals surface area contributed by atoms with Gasteiger partial charge in [-0.2, -0.15) is 0 Å². The fraction of sp³-hybridized carbons (Fsp3) is 0.394. The van der Waals surface area contributed by atoms with Crippen molar-refractivity contribution < 1.29 is 37.9 Å². The monoisotopic (exact) mass is 1210 g/mol. The Morgan fingerprint density at radius 2 is 0.500 bits per heavy atom. The van der Waals surface area contributed by atoms with Gasteiger partial charge in [-0.3, -0.25) is 0 Å². The van der Waals surface area contributed by atoms with Crippen LogP contribution in [0.3, 0.4) is 0 Å². The summed E-state index contributed by atoms with van der Waals surface area (Å²) in [5.74, 6) is 3.14. The maximum atomic E-state index is 5.90. The van der Waals surface area contributed by atoms with Gasteiger partial charge >= 0.3 is 0 Å². The summed E-state index contributed by atoms with van der Waals surface area (Å²) in [4.78, 5) is 20.4. The van der Waals surface area contributed by atoms with Crippen molar-refractivity contribution in [2.75, 3.05) is 52.9 Å². The lowest BCUT2D eigenvalue weighted by atomic mass is 10.0. The lowest BCUT2D eigenvalue weighted by Crippen LogP contribution is -2.22. The molecule has 0 aliphatic heterocycles. The zero-order valence-electron chi connectivity index (χ0n) is 49.0. The second-order valence-corrected chi connectivity index (χ2v) is 25.0. The van der Waals surface area contributed by atoms with Crippen LogP contribution in [0.5, 0.6) is 23.0 Å². The van der Waals surface area contributed by atoms with E-state index in [0.29, 0.717) is 52.9 Å². The van der Waals surface area contributed by atoms with E-state index >= 15 is 0 Å².